The van der Waals surface area contributed by atoms with E-state index in [9.17, 15) is 13.2 Å². The average molecular weight is 369 g/mol. The van der Waals surface area contributed by atoms with E-state index in [0.717, 1.165) is 17.7 Å². The summed E-state index contributed by atoms with van der Waals surface area (Å²) in [6.07, 6.45) is 1.14. The number of para-hydroxylation sites is 2. The smallest absolute Gasteiger partial charge is 0.238 e. The molecule has 0 unspecified atom stereocenters. The Hall–Kier alpha value is -1.80. The van der Waals surface area contributed by atoms with Crippen LogP contribution in [0.15, 0.2) is 24.3 Å². The van der Waals surface area contributed by atoms with E-state index in [4.69, 9.17) is 4.74 Å². The molecule has 1 aliphatic heterocycles. The summed E-state index contributed by atoms with van der Waals surface area (Å²) in [7, 11) is -1.76. The first-order valence-electron chi connectivity index (χ1n) is 8.36. The Morgan fingerprint density at radius 2 is 1.80 bits per heavy atom. The van der Waals surface area contributed by atoms with E-state index in [1.54, 1.807) is 25.9 Å². The summed E-state index contributed by atoms with van der Waals surface area (Å²) in [6.45, 7) is 5.94. The Labute approximate surface area is 150 Å². The molecule has 0 N–H and O–H groups in total. The molecule has 1 heterocycles. The van der Waals surface area contributed by atoms with Crippen LogP contribution in [0, 0.1) is 0 Å². The summed E-state index contributed by atoms with van der Waals surface area (Å²) in [5.41, 5.74) is 1.01. The van der Waals surface area contributed by atoms with Gasteiger partial charge >= 0.3 is 0 Å². The summed E-state index contributed by atoms with van der Waals surface area (Å²) in [6, 6.07) is 7.56. The number of benzene rings is 1. The fourth-order valence-electron chi connectivity index (χ4n) is 3.00. The number of rotatable bonds is 6. The van der Waals surface area contributed by atoms with Crippen LogP contribution in [0.2, 0.25) is 0 Å². The van der Waals surface area contributed by atoms with Crippen molar-refractivity contribution in [2.75, 3.05) is 51.0 Å². The predicted molar refractivity (Wildman–Crippen MR) is 98.5 cm³/mol. The molecule has 0 aliphatic carbocycles. The zero-order valence-electron chi connectivity index (χ0n) is 15.3. The van der Waals surface area contributed by atoms with Crippen LogP contribution in [-0.4, -0.2) is 75.7 Å². The maximum atomic E-state index is 12.5. The first-order chi connectivity index (χ1) is 11.7. The Morgan fingerprint density at radius 1 is 1.20 bits per heavy atom. The second kappa shape index (κ2) is 8.05. The average Bonchev–Trinajstić information content (AvgIpc) is 2.58. The van der Waals surface area contributed by atoms with Crippen LogP contribution in [0.25, 0.3) is 0 Å². The largest absolute Gasteiger partial charge is 0.495 e. The number of sulfonamides is 1. The molecule has 140 valence electrons. The number of hydrogen-bond donors (Lipinski definition) is 0. The number of carbonyl (C=O) groups excluding carboxylic acids is 1. The zero-order chi connectivity index (χ0) is 18.6. The Bertz CT molecular complexity index is 698. The number of nitrogens with zero attached hydrogens (tertiary/aromatic N) is 3. The quantitative estimate of drug-likeness (QED) is 0.749. The van der Waals surface area contributed by atoms with Crippen LogP contribution in [0.1, 0.15) is 13.8 Å². The van der Waals surface area contributed by atoms with Gasteiger partial charge in [0.25, 0.3) is 0 Å². The van der Waals surface area contributed by atoms with Crippen LogP contribution in [0.5, 0.6) is 5.75 Å². The Morgan fingerprint density at radius 3 is 2.32 bits per heavy atom. The highest BCUT2D eigenvalue weighted by molar-refractivity contribution is 7.88. The van der Waals surface area contributed by atoms with E-state index >= 15 is 0 Å². The topological polar surface area (TPSA) is 70.2 Å². The lowest BCUT2D eigenvalue weighted by Gasteiger charge is -2.37. The van der Waals surface area contributed by atoms with Crippen molar-refractivity contribution in [3.8, 4) is 5.75 Å². The van der Waals surface area contributed by atoms with Gasteiger partial charge in [-0.1, -0.05) is 12.1 Å². The fourth-order valence-corrected chi connectivity index (χ4v) is 4.11. The van der Waals surface area contributed by atoms with E-state index in [0.29, 0.717) is 26.2 Å². The standard InChI is InChI=1S/C17H27N3O4S/c1-14(2)20(25(4,22)23)13-17(21)19-11-9-18(10-12-19)15-7-5-6-8-16(15)24-3/h5-8,14H,9-13H2,1-4H3. The minimum atomic E-state index is -3.40. The van der Waals surface area contributed by atoms with E-state index in [1.165, 1.54) is 4.31 Å². The third kappa shape index (κ3) is 4.85. The van der Waals surface area contributed by atoms with Gasteiger partial charge in [0.2, 0.25) is 15.9 Å². The highest BCUT2D eigenvalue weighted by Gasteiger charge is 2.28. The number of hydrogen-bond acceptors (Lipinski definition) is 5. The third-order valence-electron chi connectivity index (χ3n) is 4.35. The molecular formula is C17H27N3O4S. The summed E-state index contributed by atoms with van der Waals surface area (Å²) < 4.78 is 30.3. The maximum absolute atomic E-state index is 12.5. The van der Waals surface area contributed by atoms with Gasteiger partial charge in [-0.15, -0.1) is 0 Å². The van der Waals surface area contributed by atoms with Gasteiger partial charge in [0, 0.05) is 32.2 Å². The summed E-state index contributed by atoms with van der Waals surface area (Å²) in [4.78, 5) is 16.4. The second-order valence-electron chi connectivity index (χ2n) is 6.44. The molecule has 25 heavy (non-hydrogen) atoms. The van der Waals surface area contributed by atoms with E-state index in [-0.39, 0.29) is 18.5 Å². The van der Waals surface area contributed by atoms with Crippen LogP contribution >= 0.6 is 0 Å². The van der Waals surface area contributed by atoms with Gasteiger partial charge in [-0.05, 0) is 26.0 Å². The number of methoxy groups -OCH3 is 1. The van der Waals surface area contributed by atoms with Crippen molar-refractivity contribution in [1.29, 1.82) is 0 Å². The van der Waals surface area contributed by atoms with Crippen molar-refractivity contribution < 1.29 is 17.9 Å². The number of carbonyl (C=O) groups is 1. The minimum Gasteiger partial charge on any atom is -0.495 e. The molecule has 8 heteroatoms. The Balaban J connectivity index is 1.98. The minimum absolute atomic E-state index is 0.106. The highest BCUT2D eigenvalue weighted by Crippen LogP contribution is 2.28. The van der Waals surface area contributed by atoms with Crippen molar-refractivity contribution in [2.24, 2.45) is 0 Å². The van der Waals surface area contributed by atoms with Gasteiger partial charge in [0.1, 0.15) is 5.75 Å². The van der Waals surface area contributed by atoms with Crippen LogP contribution in [0.4, 0.5) is 5.69 Å². The van der Waals surface area contributed by atoms with E-state index < -0.39 is 10.0 Å². The van der Waals surface area contributed by atoms with Gasteiger partial charge in [-0.25, -0.2) is 8.42 Å². The van der Waals surface area contributed by atoms with Crippen LogP contribution in [-0.2, 0) is 14.8 Å². The van der Waals surface area contributed by atoms with Gasteiger partial charge in [-0.3, -0.25) is 4.79 Å². The van der Waals surface area contributed by atoms with E-state index in [1.807, 2.05) is 24.3 Å². The summed E-state index contributed by atoms with van der Waals surface area (Å²) in [5.74, 6) is 0.657. The Kier molecular flexibility index (Phi) is 6.29. The molecule has 1 saturated heterocycles. The molecule has 0 spiro atoms. The van der Waals surface area contributed by atoms with Crippen LogP contribution < -0.4 is 9.64 Å². The van der Waals surface area contributed by atoms with Crippen molar-refractivity contribution in [1.82, 2.24) is 9.21 Å². The molecule has 1 aromatic rings. The number of piperazine rings is 1. The zero-order valence-corrected chi connectivity index (χ0v) is 16.1. The van der Waals surface area contributed by atoms with Crippen LogP contribution in [0.3, 0.4) is 0 Å². The number of ether oxygens (including phenoxy) is 1. The number of anilines is 1. The normalized spacial score (nSPS) is 15.8. The second-order valence-corrected chi connectivity index (χ2v) is 8.38. The third-order valence-corrected chi connectivity index (χ3v) is 5.75. The number of amides is 1. The van der Waals surface area contributed by atoms with Gasteiger partial charge in [-0.2, -0.15) is 4.31 Å². The molecule has 0 radical (unpaired) electrons. The lowest BCUT2D eigenvalue weighted by atomic mass is 10.2. The summed E-state index contributed by atoms with van der Waals surface area (Å²) in [5, 5.41) is 0. The van der Waals surface area contributed by atoms with Crippen molar-refractivity contribution in [2.45, 2.75) is 19.9 Å². The maximum Gasteiger partial charge on any atom is 0.238 e. The predicted octanol–water partition coefficient (Wildman–Crippen LogP) is 1.01. The molecule has 1 fully saturated rings. The lowest BCUT2D eigenvalue weighted by molar-refractivity contribution is -0.131. The SMILES string of the molecule is COc1ccccc1N1CCN(C(=O)CN(C(C)C)S(C)(=O)=O)CC1. The fraction of sp³-hybridized carbons (Fsp3) is 0.588. The van der Waals surface area contributed by atoms with Crippen molar-refractivity contribution in [3.63, 3.8) is 0 Å². The molecular weight excluding hydrogens is 342 g/mol. The molecule has 0 aromatic heterocycles. The highest BCUT2D eigenvalue weighted by atomic mass is 32.2. The lowest BCUT2D eigenvalue weighted by Crippen LogP contribution is -2.52. The molecule has 2 rings (SSSR count). The van der Waals surface area contributed by atoms with E-state index in [2.05, 4.69) is 4.90 Å². The van der Waals surface area contributed by atoms with Crippen molar-refractivity contribution >= 4 is 21.6 Å². The monoisotopic (exact) mass is 369 g/mol. The van der Waals surface area contributed by atoms with Crippen molar-refractivity contribution in [3.05, 3.63) is 24.3 Å². The van der Waals surface area contributed by atoms with Gasteiger partial charge in [0.05, 0.1) is 25.6 Å². The molecule has 1 aromatic carbocycles. The first kappa shape index (κ1) is 19.5. The molecule has 7 nitrogen and oxygen atoms in total. The first-order valence-corrected chi connectivity index (χ1v) is 10.2. The summed E-state index contributed by atoms with van der Waals surface area (Å²) >= 11 is 0. The molecule has 0 saturated carbocycles. The van der Waals surface area contributed by atoms with Gasteiger partial charge < -0.3 is 14.5 Å². The molecule has 0 bridgehead atoms. The van der Waals surface area contributed by atoms with Gasteiger partial charge in [0.15, 0.2) is 0 Å². The molecule has 0 atom stereocenters. The molecule has 1 amide bonds. The molecule has 1 aliphatic rings.